The second-order valence-corrected chi connectivity index (χ2v) is 6.76. The maximum Gasteiger partial charge on any atom is 0.230 e. The highest BCUT2D eigenvalue weighted by Crippen LogP contribution is 2.20. The van der Waals surface area contributed by atoms with Crippen LogP contribution >= 0.6 is 23.7 Å². The Balaban J connectivity index is 0.00000192. The SMILES string of the molecule is Cc1ccc(Cc2nnc(NC(=O)C3CCCNC3)s2)cc1.Cl. The Kier molecular flexibility index (Phi) is 6.50. The van der Waals surface area contributed by atoms with Crippen molar-refractivity contribution in [1.29, 1.82) is 0 Å². The van der Waals surface area contributed by atoms with Crippen LogP contribution in [0.2, 0.25) is 0 Å². The lowest BCUT2D eigenvalue weighted by atomic mass is 9.99. The molecular formula is C16H21ClN4OS. The van der Waals surface area contributed by atoms with Crippen molar-refractivity contribution >= 4 is 34.8 Å². The monoisotopic (exact) mass is 352 g/mol. The number of benzene rings is 1. The Bertz CT molecular complexity index is 638. The molecule has 7 heteroatoms. The normalized spacial score (nSPS) is 17.3. The summed E-state index contributed by atoms with van der Waals surface area (Å²) in [7, 11) is 0. The molecule has 23 heavy (non-hydrogen) atoms. The molecule has 0 radical (unpaired) electrons. The molecule has 1 saturated heterocycles. The molecule has 1 aromatic carbocycles. The van der Waals surface area contributed by atoms with Crippen molar-refractivity contribution in [2.45, 2.75) is 26.2 Å². The van der Waals surface area contributed by atoms with Crippen molar-refractivity contribution in [3.05, 3.63) is 40.4 Å². The van der Waals surface area contributed by atoms with Crippen LogP contribution < -0.4 is 10.6 Å². The zero-order valence-corrected chi connectivity index (χ0v) is 14.7. The quantitative estimate of drug-likeness (QED) is 0.887. The van der Waals surface area contributed by atoms with Crippen LogP contribution in [0.3, 0.4) is 0 Å². The molecule has 2 heterocycles. The Morgan fingerprint density at radius 1 is 1.35 bits per heavy atom. The molecule has 3 rings (SSSR count). The van der Waals surface area contributed by atoms with E-state index < -0.39 is 0 Å². The molecule has 1 aromatic heterocycles. The second-order valence-electron chi connectivity index (χ2n) is 5.70. The van der Waals surface area contributed by atoms with Gasteiger partial charge in [0.2, 0.25) is 11.0 Å². The van der Waals surface area contributed by atoms with Gasteiger partial charge < -0.3 is 10.6 Å². The smallest absolute Gasteiger partial charge is 0.230 e. The summed E-state index contributed by atoms with van der Waals surface area (Å²) in [5, 5.41) is 15.9. The van der Waals surface area contributed by atoms with Crippen LogP contribution in [0.15, 0.2) is 24.3 Å². The Labute approximate surface area is 146 Å². The fourth-order valence-corrected chi connectivity index (χ4v) is 3.32. The van der Waals surface area contributed by atoms with Crippen molar-refractivity contribution in [3.63, 3.8) is 0 Å². The Morgan fingerprint density at radius 3 is 2.83 bits per heavy atom. The van der Waals surface area contributed by atoms with Gasteiger partial charge in [-0.3, -0.25) is 4.79 Å². The number of carbonyl (C=O) groups is 1. The van der Waals surface area contributed by atoms with Crippen molar-refractivity contribution in [1.82, 2.24) is 15.5 Å². The van der Waals surface area contributed by atoms with E-state index in [0.29, 0.717) is 5.13 Å². The second kappa shape index (κ2) is 8.38. The third kappa shape index (κ3) is 4.99. The highest BCUT2D eigenvalue weighted by Gasteiger charge is 2.21. The van der Waals surface area contributed by atoms with Gasteiger partial charge in [0.1, 0.15) is 5.01 Å². The van der Waals surface area contributed by atoms with E-state index in [2.05, 4.69) is 52.0 Å². The maximum absolute atomic E-state index is 12.2. The summed E-state index contributed by atoms with van der Waals surface area (Å²) in [6.07, 6.45) is 2.74. The summed E-state index contributed by atoms with van der Waals surface area (Å²) in [4.78, 5) is 12.2. The van der Waals surface area contributed by atoms with Gasteiger partial charge in [-0.05, 0) is 31.9 Å². The number of amides is 1. The minimum Gasteiger partial charge on any atom is -0.316 e. The lowest BCUT2D eigenvalue weighted by molar-refractivity contribution is -0.120. The summed E-state index contributed by atoms with van der Waals surface area (Å²) in [5.41, 5.74) is 2.45. The molecule has 2 aromatic rings. The number of halogens is 1. The van der Waals surface area contributed by atoms with Crippen LogP contribution in [0.1, 0.15) is 29.0 Å². The van der Waals surface area contributed by atoms with E-state index in [0.717, 1.165) is 37.4 Å². The van der Waals surface area contributed by atoms with Crippen LogP contribution in [-0.4, -0.2) is 29.2 Å². The minimum absolute atomic E-state index is 0. The number of aryl methyl sites for hydroxylation is 1. The lowest BCUT2D eigenvalue weighted by Crippen LogP contribution is -2.37. The van der Waals surface area contributed by atoms with Gasteiger partial charge >= 0.3 is 0 Å². The van der Waals surface area contributed by atoms with Crippen LogP contribution in [-0.2, 0) is 11.2 Å². The first kappa shape index (κ1) is 17.8. The molecule has 0 bridgehead atoms. The van der Waals surface area contributed by atoms with Gasteiger partial charge in [0, 0.05) is 13.0 Å². The van der Waals surface area contributed by atoms with Gasteiger partial charge in [0.05, 0.1) is 5.92 Å². The number of hydrogen-bond acceptors (Lipinski definition) is 5. The zero-order valence-electron chi connectivity index (χ0n) is 13.0. The molecule has 1 atom stereocenters. The highest BCUT2D eigenvalue weighted by atomic mass is 35.5. The van der Waals surface area contributed by atoms with Gasteiger partial charge in [0.15, 0.2) is 0 Å². The highest BCUT2D eigenvalue weighted by molar-refractivity contribution is 7.15. The standard InChI is InChI=1S/C16H20N4OS.ClH/c1-11-4-6-12(7-5-11)9-14-19-20-16(22-14)18-15(21)13-3-2-8-17-10-13;/h4-7,13,17H,2-3,8-10H2,1H3,(H,18,20,21);1H. The zero-order chi connectivity index (χ0) is 15.4. The van der Waals surface area contributed by atoms with E-state index in [1.54, 1.807) is 0 Å². The van der Waals surface area contributed by atoms with Crippen LogP contribution in [0.4, 0.5) is 5.13 Å². The van der Waals surface area contributed by atoms with Gasteiger partial charge in [-0.15, -0.1) is 22.6 Å². The van der Waals surface area contributed by atoms with E-state index in [-0.39, 0.29) is 24.2 Å². The first-order valence-electron chi connectivity index (χ1n) is 7.60. The predicted molar refractivity (Wildman–Crippen MR) is 95.4 cm³/mol. The largest absolute Gasteiger partial charge is 0.316 e. The van der Waals surface area contributed by atoms with Crippen LogP contribution in [0.25, 0.3) is 0 Å². The predicted octanol–water partition coefficient (Wildman–Crippen LogP) is 2.80. The van der Waals surface area contributed by atoms with Gasteiger partial charge in [-0.1, -0.05) is 41.2 Å². The van der Waals surface area contributed by atoms with Gasteiger partial charge in [-0.2, -0.15) is 0 Å². The van der Waals surface area contributed by atoms with E-state index in [4.69, 9.17) is 0 Å². The topological polar surface area (TPSA) is 66.9 Å². The summed E-state index contributed by atoms with van der Waals surface area (Å²) in [6.45, 7) is 3.83. The number of aromatic nitrogens is 2. The molecule has 2 N–H and O–H groups in total. The number of piperidine rings is 1. The van der Waals surface area contributed by atoms with E-state index in [1.807, 2.05) is 0 Å². The molecule has 1 amide bonds. The van der Waals surface area contributed by atoms with Crippen LogP contribution in [0.5, 0.6) is 0 Å². The average molecular weight is 353 g/mol. The number of nitrogens with one attached hydrogen (secondary N) is 2. The summed E-state index contributed by atoms with van der Waals surface area (Å²) in [5.74, 6) is 0.0865. The number of anilines is 1. The lowest BCUT2D eigenvalue weighted by Gasteiger charge is -2.21. The first-order chi connectivity index (χ1) is 10.7. The third-order valence-electron chi connectivity index (χ3n) is 3.84. The van der Waals surface area contributed by atoms with Crippen LogP contribution in [0, 0.1) is 12.8 Å². The third-order valence-corrected chi connectivity index (χ3v) is 4.68. The molecule has 1 aliphatic heterocycles. The van der Waals surface area contributed by atoms with Crippen molar-refractivity contribution in [3.8, 4) is 0 Å². The fourth-order valence-electron chi connectivity index (χ4n) is 2.54. The van der Waals surface area contributed by atoms with Crippen molar-refractivity contribution in [2.75, 3.05) is 18.4 Å². The molecule has 5 nitrogen and oxygen atoms in total. The maximum atomic E-state index is 12.2. The summed E-state index contributed by atoms with van der Waals surface area (Å²) in [6, 6.07) is 8.38. The minimum atomic E-state index is 0. The molecule has 1 aliphatic rings. The molecule has 0 aliphatic carbocycles. The molecular weight excluding hydrogens is 332 g/mol. The van der Waals surface area contributed by atoms with Crippen molar-refractivity contribution < 1.29 is 4.79 Å². The number of carbonyl (C=O) groups excluding carboxylic acids is 1. The van der Waals surface area contributed by atoms with E-state index >= 15 is 0 Å². The summed E-state index contributed by atoms with van der Waals surface area (Å²) >= 11 is 1.45. The molecule has 1 unspecified atom stereocenters. The molecule has 1 fully saturated rings. The molecule has 0 saturated carbocycles. The summed E-state index contributed by atoms with van der Waals surface area (Å²) < 4.78 is 0. The van der Waals surface area contributed by atoms with Gasteiger partial charge in [0.25, 0.3) is 0 Å². The molecule has 0 spiro atoms. The number of hydrogen-bond donors (Lipinski definition) is 2. The first-order valence-corrected chi connectivity index (χ1v) is 8.42. The fraction of sp³-hybridized carbons (Fsp3) is 0.438. The van der Waals surface area contributed by atoms with E-state index in [9.17, 15) is 4.79 Å². The number of rotatable bonds is 4. The van der Waals surface area contributed by atoms with E-state index in [1.165, 1.54) is 22.5 Å². The van der Waals surface area contributed by atoms with Crippen molar-refractivity contribution in [2.24, 2.45) is 5.92 Å². The average Bonchev–Trinajstić information content (AvgIpc) is 2.97. The molecule has 124 valence electrons. The van der Waals surface area contributed by atoms with Gasteiger partial charge in [-0.25, -0.2) is 0 Å². The Morgan fingerprint density at radius 2 is 2.13 bits per heavy atom. The number of nitrogens with zero attached hydrogens (tertiary/aromatic N) is 2. The Hall–Kier alpha value is -1.50.